The van der Waals surface area contributed by atoms with Gasteiger partial charge in [0, 0.05) is 19.0 Å². The molecule has 4 heteroatoms. The Morgan fingerprint density at radius 2 is 2.00 bits per heavy atom. The van der Waals surface area contributed by atoms with Crippen LogP contribution in [0.3, 0.4) is 0 Å². The Labute approximate surface area is 105 Å². The van der Waals surface area contributed by atoms with Crippen molar-refractivity contribution in [2.24, 2.45) is 11.7 Å². The molecule has 0 spiro atoms. The van der Waals surface area contributed by atoms with Gasteiger partial charge in [0.05, 0.1) is 0 Å². The van der Waals surface area contributed by atoms with Gasteiger partial charge in [-0.05, 0) is 32.1 Å². The summed E-state index contributed by atoms with van der Waals surface area (Å²) < 4.78 is 0. The molecule has 0 bridgehead atoms. The Morgan fingerprint density at radius 3 is 2.56 bits per heavy atom. The first kappa shape index (κ1) is 15.7. The highest BCUT2D eigenvalue weighted by Gasteiger charge is 2.16. The molecule has 1 fully saturated rings. The summed E-state index contributed by atoms with van der Waals surface area (Å²) in [7, 11) is 0. The maximum absolute atomic E-state index is 11.5. The maximum Gasteiger partial charge on any atom is 0.220 e. The Morgan fingerprint density at radius 1 is 1.38 bits per heavy atom. The summed E-state index contributed by atoms with van der Waals surface area (Å²) in [6, 6.07) is 0.181. The summed E-state index contributed by atoms with van der Waals surface area (Å²) in [6.07, 6.45) is 8.02. The van der Waals surface area contributed by atoms with Crippen LogP contribution in [0, 0.1) is 5.92 Å². The molecule has 0 aromatic rings. The normalized spacial score (nSPS) is 18.6. The van der Waals surface area contributed by atoms with Gasteiger partial charge in [-0.25, -0.2) is 0 Å². The molecule has 0 radical (unpaired) electrons. The van der Waals surface area contributed by atoms with Gasteiger partial charge in [-0.1, -0.05) is 19.3 Å². The van der Waals surface area contributed by atoms with Crippen LogP contribution in [0.2, 0.25) is 0 Å². The van der Waals surface area contributed by atoms with Gasteiger partial charge in [-0.2, -0.15) is 0 Å². The monoisotopic (exact) mass is 248 g/mol. The highest BCUT2D eigenvalue weighted by atomic mass is 35.5. The molecule has 1 aliphatic carbocycles. The summed E-state index contributed by atoms with van der Waals surface area (Å²) in [4.78, 5) is 11.5. The van der Waals surface area contributed by atoms with Gasteiger partial charge in [0.25, 0.3) is 0 Å². The van der Waals surface area contributed by atoms with Crippen LogP contribution >= 0.6 is 12.4 Å². The third-order valence-electron chi connectivity index (χ3n) is 3.12. The first-order valence-corrected chi connectivity index (χ1v) is 6.20. The number of carbonyl (C=O) groups excluding carboxylic acids is 1. The van der Waals surface area contributed by atoms with E-state index >= 15 is 0 Å². The summed E-state index contributed by atoms with van der Waals surface area (Å²) in [5, 5.41) is 2.94. The third kappa shape index (κ3) is 7.07. The molecule has 3 nitrogen and oxygen atoms in total. The molecule has 1 saturated carbocycles. The minimum atomic E-state index is 0. The highest BCUT2D eigenvalue weighted by molar-refractivity contribution is 5.85. The zero-order chi connectivity index (χ0) is 11.1. The average Bonchev–Trinajstić information content (AvgIpc) is 2.18. The van der Waals surface area contributed by atoms with Gasteiger partial charge in [-0.15, -0.1) is 12.4 Å². The number of rotatable bonds is 5. The number of hydrogen-bond acceptors (Lipinski definition) is 2. The van der Waals surface area contributed by atoms with Crippen LogP contribution in [-0.2, 0) is 4.79 Å². The minimum absolute atomic E-state index is 0. The van der Waals surface area contributed by atoms with Crippen molar-refractivity contribution in [3.8, 4) is 0 Å². The fraction of sp³-hybridized carbons (Fsp3) is 0.917. The van der Waals surface area contributed by atoms with Crippen LogP contribution in [-0.4, -0.2) is 18.5 Å². The molecule has 96 valence electrons. The van der Waals surface area contributed by atoms with E-state index in [9.17, 15) is 4.79 Å². The van der Waals surface area contributed by atoms with Crippen molar-refractivity contribution >= 4 is 18.3 Å². The second-order valence-electron chi connectivity index (χ2n) is 4.82. The Bertz CT molecular complexity index is 191. The van der Waals surface area contributed by atoms with Gasteiger partial charge in [-0.3, -0.25) is 4.79 Å². The second-order valence-corrected chi connectivity index (χ2v) is 4.82. The van der Waals surface area contributed by atoms with Gasteiger partial charge in [0.1, 0.15) is 0 Å². The number of nitrogens with two attached hydrogens (primary N) is 1. The van der Waals surface area contributed by atoms with Crippen LogP contribution < -0.4 is 11.1 Å². The van der Waals surface area contributed by atoms with Gasteiger partial charge in [0.15, 0.2) is 0 Å². The zero-order valence-electron chi connectivity index (χ0n) is 10.2. The van der Waals surface area contributed by atoms with Gasteiger partial charge in [0.2, 0.25) is 5.91 Å². The van der Waals surface area contributed by atoms with E-state index in [1.54, 1.807) is 0 Å². The minimum Gasteiger partial charge on any atom is -0.356 e. The lowest BCUT2D eigenvalue weighted by atomic mass is 9.87. The molecule has 1 amide bonds. The van der Waals surface area contributed by atoms with Crippen LogP contribution in [0.4, 0.5) is 0 Å². The molecule has 1 atom stereocenters. The lowest BCUT2D eigenvalue weighted by Crippen LogP contribution is -2.30. The Kier molecular flexibility index (Phi) is 8.67. The van der Waals surface area contributed by atoms with E-state index < -0.39 is 0 Å². The van der Waals surface area contributed by atoms with E-state index in [0.29, 0.717) is 5.92 Å². The predicted molar refractivity (Wildman–Crippen MR) is 69.7 cm³/mol. The standard InChI is InChI=1S/C12H24N2O.ClH/c1-10(13)7-8-14-12(15)9-11-5-3-2-4-6-11;/h10-11H,2-9,13H2,1H3,(H,14,15);1H. The van der Waals surface area contributed by atoms with E-state index in [2.05, 4.69) is 5.32 Å². The zero-order valence-corrected chi connectivity index (χ0v) is 11.0. The number of halogens is 1. The molecule has 1 unspecified atom stereocenters. The molecular weight excluding hydrogens is 224 g/mol. The van der Waals surface area contributed by atoms with Crippen molar-refractivity contribution in [3.05, 3.63) is 0 Å². The number of amides is 1. The number of nitrogens with one attached hydrogen (secondary N) is 1. The van der Waals surface area contributed by atoms with Crippen LogP contribution in [0.1, 0.15) is 51.9 Å². The van der Waals surface area contributed by atoms with E-state index in [4.69, 9.17) is 5.73 Å². The van der Waals surface area contributed by atoms with Crippen molar-refractivity contribution in [2.45, 2.75) is 57.9 Å². The van der Waals surface area contributed by atoms with Gasteiger partial charge >= 0.3 is 0 Å². The van der Waals surface area contributed by atoms with E-state index in [1.165, 1.54) is 32.1 Å². The second kappa shape index (κ2) is 8.82. The number of hydrogen-bond donors (Lipinski definition) is 2. The van der Waals surface area contributed by atoms with Crippen LogP contribution in [0.15, 0.2) is 0 Å². The summed E-state index contributed by atoms with van der Waals surface area (Å²) >= 11 is 0. The predicted octanol–water partition coefficient (Wildman–Crippen LogP) is 2.23. The maximum atomic E-state index is 11.5. The van der Waals surface area contributed by atoms with E-state index in [0.717, 1.165) is 19.4 Å². The van der Waals surface area contributed by atoms with E-state index in [-0.39, 0.29) is 24.4 Å². The quantitative estimate of drug-likeness (QED) is 0.784. The Balaban J connectivity index is 0.00000225. The number of carbonyl (C=O) groups is 1. The molecular formula is C12H25ClN2O. The van der Waals surface area contributed by atoms with E-state index in [1.807, 2.05) is 6.92 Å². The lowest BCUT2D eigenvalue weighted by molar-refractivity contribution is -0.122. The molecule has 0 aromatic carbocycles. The SMILES string of the molecule is CC(N)CCNC(=O)CC1CCCCC1.Cl. The lowest BCUT2D eigenvalue weighted by Gasteiger charge is -2.20. The van der Waals surface area contributed by atoms with Gasteiger partial charge < -0.3 is 11.1 Å². The smallest absolute Gasteiger partial charge is 0.220 e. The molecule has 0 saturated heterocycles. The largest absolute Gasteiger partial charge is 0.356 e. The fourth-order valence-electron chi connectivity index (χ4n) is 2.16. The molecule has 1 aliphatic rings. The fourth-order valence-corrected chi connectivity index (χ4v) is 2.16. The third-order valence-corrected chi connectivity index (χ3v) is 3.12. The first-order valence-electron chi connectivity index (χ1n) is 6.20. The molecule has 0 aliphatic heterocycles. The summed E-state index contributed by atoms with van der Waals surface area (Å²) in [6.45, 7) is 2.69. The average molecular weight is 249 g/mol. The van der Waals surface area contributed by atoms with Crippen LogP contribution in [0.25, 0.3) is 0 Å². The molecule has 16 heavy (non-hydrogen) atoms. The highest BCUT2D eigenvalue weighted by Crippen LogP contribution is 2.25. The molecule has 0 aromatic heterocycles. The molecule has 0 heterocycles. The first-order chi connectivity index (χ1) is 7.18. The summed E-state index contributed by atoms with van der Waals surface area (Å²) in [5.74, 6) is 0.844. The van der Waals surface area contributed by atoms with Crippen molar-refractivity contribution in [3.63, 3.8) is 0 Å². The Hall–Kier alpha value is -0.280. The van der Waals surface area contributed by atoms with Crippen molar-refractivity contribution in [1.82, 2.24) is 5.32 Å². The topological polar surface area (TPSA) is 55.1 Å². The van der Waals surface area contributed by atoms with Crippen LogP contribution in [0.5, 0.6) is 0 Å². The van der Waals surface area contributed by atoms with Crippen molar-refractivity contribution in [1.29, 1.82) is 0 Å². The molecule has 3 N–H and O–H groups in total. The molecule has 1 rings (SSSR count). The summed E-state index contributed by atoms with van der Waals surface area (Å²) in [5.41, 5.74) is 5.61. The van der Waals surface area contributed by atoms with Crippen molar-refractivity contribution < 1.29 is 4.79 Å². The van der Waals surface area contributed by atoms with Crippen molar-refractivity contribution in [2.75, 3.05) is 6.54 Å².